The van der Waals surface area contributed by atoms with Crippen molar-refractivity contribution in [3.05, 3.63) is 44.3 Å². The lowest BCUT2D eigenvalue weighted by molar-refractivity contribution is -0.384. The van der Waals surface area contributed by atoms with E-state index < -0.39 is 4.92 Å². The molecule has 0 heterocycles. The molecular weight excluding hydrogens is 250 g/mol. The average Bonchev–Trinajstić information content (AvgIpc) is 2.39. The van der Waals surface area contributed by atoms with E-state index in [9.17, 15) is 10.1 Å². The number of azide groups is 1. The Morgan fingerprint density at radius 2 is 2.37 bits per heavy atom. The lowest BCUT2D eigenvalue weighted by Crippen LogP contribution is -1.99. The van der Waals surface area contributed by atoms with Crippen LogP contribution in [0.5, 0.6) is 5.75 Å². The predicted octanol–water partition coefficient (Wildman–Crippen LogP) is 2.90. The quantitative estimate of drug-likeness (QED) is 0.161. The first kappa shape index (κ1) is 14.3. The summed E-state index contributed by atoms with van der Waals surface area (Å²) >= 11 is 0. The maximum Gasteiger partial charge on any atom is 0.296 e. The number of nitrogens with zero attached hydrogens (tertiary/aromatic N) is 4. The van der Waals surface area contributed by atoms with Crippen molar-refractivity contribution in [3.8, 4) is 5.75 Å². The Morgan fingerprint density at radius 1 is 1.63 bits per heavy atom. The molecular formula is C11H13N5O3. The highest BCUT2D eigenvalue weighted by atomic mass is 16.6. The van der Waals surface area contributed by atoms with Crippen LogP contribution in [0.15, 0.2) is 23.3 Å². The monoisotopic (exact) mass is 263 g/mol. The van der Waals surface area contributed by atoms with Gasteiger partial charge in [-0.25, -0.2) is 0 Å². The molecule has 8 heteroatoms. The average molecular weight is 263 g/mol. The molecule has 0 aromatic heterocycles. The number of hydrogen-bond acceptors (Lipinski definition) is 5. The number of nitro groups is 1. The number of benzene rings is 1. The molecule has 1 rings (SSSR count). The highest BCUT2D eigenvalue weighted by molar-refractivity contribution is 5.75. The highest BCUT2D eigenvalue weighted by Crippen LogP contribution is 2.31. The van der Waals surface area contributed by atoms with Crippen molar-refractivity contribution in [1.82, 2.24) is 0 Å². The van der Waals surface area contributed by atoms with Crippen LogP contribution in [0.2, 0.25) is 0 Å². The maximum absolute atomic E-state index is 10.8. The minimum Gasteiger partial charge on any atom is -0.496 e. The van der Waals surface area contributed by atoms with Gasteiger partial charge in [0.05, 0.1) is 18.1 Å². The second kappa shape index (κ2) is 6.87. The van der Waals surface area contributed by atoms with Gasteiger partial charge in [-0.3, -0.25) is 10.1 Å². The van der Waals surface area contributed by atoms with Gasteiger partial charge in [-0.15, -0.1) is 0 Å². The van der Waals surface area contributed by atoms with Crippen molar-refractivity contribution in [1.29, 1.82) is 0 Å². The fourth-order valence-corrected chi connectivity index (χ4v) is 1.43. The number of anilines is 1. The van der Waals surface area contributed by atoms with Crippen molar-refractivity contribution in [2.45, 2.75) is 6.42 Å². The minimum atomic E-state index is -0.560. The molecule has 8 nitrogen and oxygen atoms in total. The van der Waals surface area contributed by atoms with E-state index in [1.54, 1.807) is 18.2 Å². The Bertz CT molecular complexity index is 550. The number of nitrogens with two attached hydrogens (primary N) is 1. The van der Waals surface area contributed by atoms with Crippen LogP contribution in [0.1, 0.15) is 12.0 Å². The molecule has 1 aromatic rings. The summed E-state index contributed by atoms with van der Waals surface area (Å²) in [6, 6.07) is 2.87. The second-order valence-corrected chi connectivity index (χ2v) is 3.55. The molecule has 0 saturated carbocycles. The largest absolute Gasteiger partial charge is 0.496 e. The Kier molecular flexibility index (Phi) is 5.18. The van der Waals surface area contributed by atoms with Gasteiger partial charge >= 0.3 is 0 Å². The summed E-state index contributed by atoms with van der Waals surface area (Å²) in [6.45, 7) is 0.318. The van der Waals surface area contributed by atoms with Crippen LogP contribution in [0.4, 0.5) is 11.4 Å². The van der Waals surface area contributed by atoms with Crippen LogP contribution in [-0.2, 0) is 0 Å². The van der Waals surface area contributed by atoms with E-state index in [2.05, 4.69) is 10.0 Å². The molecule has 0 saturated heterocycles. The number of nitro benzene ring substituents is 1. The third kappa shape index (κ3) is 3.90. The molecule has 0 aliphatic carbocycles. The lowest BCUT2D eigenvalue weighted by atomic mass is 10.1. The molecule has 19 heavy (non-hydrogen) atoms. The van der Waals surface area contributed by atoms with Crippen molar-refractivity contribution in [2.24, 2.45) is 5.11 Å². The van der Waals surface area contributed by atoms with Crippen LogP contribution < -0.4 is 10.5 Å². The SMILES string of the molecule is COc1cc(C=CCCN=[N+]=[N-])c(N)c([N+](=O)[O-])c1. The Balaban J connectivity index is 3.02. The number of rotatable bonds is 6. The molecule has 0 radical (unpaired) electrons. The van der Waals surface area contributed by atoms with E-state index >= 15 is 0 Å². The summed E-state index contributed by atoms with van der Waals surface area (Å²) in [4.78, 5) is 12.9. The summed E-state index contributed by atoms with van der Waals surface area (Å²) in [6.07, 6.45) is 3.88. The van der Waals surface area contributed by atoms with Gasteiger partial charge in [-0.1, -0.05) is 17.3 Å². The van der Waals surface area contributed by atoms with E-state index in [0.29, 0.717) is 24.3 Å². The number of hydrogen-bond donors (Lipinski definition) is 1. The van der Waals surface area contributed by atoms with Gasteiger partial charge in [0.2, 0.25) is 0 Å². The van der Waals surface area contributed by atoms with Crippen LogP contribution in [0.3, 0.4) is 0 Å². The Labute approximate surface area is 109 Å². The van der Waals surface area contributed by atoms with E-state index in [4.69, 9.17) is 16.0 Å². The number of nitrogen functional groups attached to an aromatic ring is 1. The van der Waals surface area contributed by atoms with Gasteiger partial charge in [0.25, 0.3) is 5.69 Å². The summed E-state index contributed by atoms with van der Waals surface area (Å²) in [5.74, 6) is 0.357. The second-order valence-electron chi connectivity index (χ2n) is 3.55. The van der Waals surface area contributed by atoms with E-state index in [-0.39, 0.29) is 11.4 Å². The number of methoxy groups -OCH3 is 1. The van der Waals surface area contributed by atoms with Crippen LogP contribution in [-0.4, -0.2) is 18.6 Å². The molecule has 1 aromatic carbocycles. The van der Waals surface area contributed by atoms with Gasteiger partial charge in [-0.05, 0) is 18.0 Å². The third-order valence-corrected chi connectivity index (χ3v) is 2.35. The Morgan fingerprint density at radius 3 is 2.95 bits per heavy atom. The van der Waals surface area contributed by atoms with Crippen molar-refractivity contribution >= 4 is 17.5 Å². The highest BCUT2D eigenvalue weighted by Gasteiger charge is 2.16. The van der Waals surface area contributed by atoms with Crippen molar-refractivity contribution < 1.29 is 9.66 Å². The molecule has 0 aliphatic heterocycles. The molecule has 0 aliphatic rings. The fourth-order valence-electron chi connectivity index (χ4n) is 1.43. The Hall–Kier alpha value is -2.73. The zero-order chi connectivity index (χ0) is 14.3. The van der Waals surface area contributed by atoms with Crippen LogP contribution in [0, 0.1) is 10.1 Å². The summed E-state index contributed by atoms with van der Waals surface area (Å²) in [5, 5.41) is 14.2. The van der Waals surface area contributed by atoms with E-state index in [1.807, 2.05) is 0 Å². The van der Waals surface area contributed by atoms with Crippen LogP contribution >= 0.6 is 0 Å². The lowest BCUT2D eigenvalue weighted by Gasteiger charge is -2.05. The molecule has 2 N–H and O–H groups in total. The zero-order valence-electron chi connectivity index (χ0n) is 10.3. The van der Waals surface area contributed by atoms with E-state index in [0.717, 1.165) is 0 Å². The van der Waals surface area contributed by atoms with Gasteiger partial charge in [0.15, 0.2) is 0 Å². The first-order valence-electron chi connectivity index (χ1n) is 5.39. The molecule has 0 spiro atoms. The predicted molar refractivity (Wildman–Crippen MR) is 71.7 cm³/mol. The first-order chi connectivity index (χ1) is 9.10. The standard InChI is InChI=1S/C11H13N5O3/c1-19-9-6-8(4-2-3-5-14-15-13)11(12)10(7-9)16(17)18/h2,4,6-7H,3,5,12H2,1H3. The smallest absolute Gasteiger partial charge is 0.296 e. The summed E-state index contributed by atoms with van der Waals surface area (Å²) in [7, 11) is 1.42. The van der Waals surface area contributed by atoms with Gasteiger partial charge < -0.3 is 10.5 Å². The van der Waals surface area contributed by atoms with Gasteiger partial charge in [0, 0.05) is 17.0 Å². The fraction of sp³-hybridized carbons (Fsp3) is 0.273. The molecule has 0 bridgehead atoms. The van der Waals surface area contributed by atoms with Crippen molar-refractivity contribution in [2.75, 3.05) is 19.4 Å². The number of ether oxygens (including phenoxy) is 1. The first-order valence-corrected chi connectivity index (χ1v) is 5.39. The minimum absolute atomic E-state index is 0.0748. The third-order valence-electron chi connectivity index (χ3n) is 2.35. The van der Waals surface area contributed by atoms with E-state index in [1.165, 1.54) is 13.2 Å². The maximum atomic E-state index is 10.8. The van der Waals surface area contributed by atoms with Gasteiger partial charge in [-0.2, -0.15) is 0 Å². The summed E-state index contributed by atoms with van der Waals surface area (Å²) < 4.78 is 4.99. The summed E-state index contributed by atoms with van der Waals surface area (Å²) in [5.41, 5.74) is 14.2. The van der Waals surface area contributed by atoms with Crippen LogP contribution in [0.25, 0.3) is 16.5 Å². The van der Waals surface area contributed by atoms with Gasteiger partial charge in [0.1, 0.15) is 11.4 Å². The molecule has 0 unspecified atom stereocenters. The van der Waals surface area contributed by atoms with Crippen molar-refractivity contribution in [3.63, 3.8) is 0 Å². The normalized spacial score (nSPS) is 10.2. The molecule has 0 atom stereocenters. The molecule has 0 amide bonds. The molecule has 0 fully saturated rings. The topological polar surface area (TPSA) is 127 Å². The molecule has 100 valence electrons. The zero-order valence-corrected chi connectivity index (χ0v) is 10.3.